The van der Waals surface area contributed by atoms with Crippen LogP contribution in [0.5, 0.6) is 5.75 Å². The van der Waals surface area contributed by atoms with Crippen molar-refractivity contribution in [2.24, 2.45) is 7.05 Å². The highest BCUT2D eigenvalue weighted by Crippen LogP contribution is 2.17. The number of nitrogens with zero attached hydrogens (tertiary/aromatic N) is 2. The van der Waals surface area contributed by atoms with Gasteiger partial charge in [-0.15, -0.1) is 0 Å². The highest BCUT2D eigenvalue weighted by atomic mass is 16.5. The minimum Gasteiger partial charge on any atom is -0.489 e. The summed E-state index contributed by atoms with van der Waals surface area (Å²) in [5, 5.41) is 2.73. The molecule has 0 saturated heterocycles. The van der Waals surface area contributed by atoms with E-state index >= 15 is 0 Å². The monoisotopic (exact) mass is 439 g/mol. The van der Waals surface area contributed by atoms with Gasteiger partial charge in [0.1, 0.15) is 18.0 Å². The fourth-order valence-electron chi connectivity index (χ4n) is 3.50. The first-order valence-corrected chi connectivity index (χ1v) is 10.6. The third kappa shape index (κ3) is 5.13. The minimum atomic E-state index is -0.378. The molecule has 1 heterocycles. The average Bonchev–Trinajstić information content (AvgIpc) is 3.06. The van der Waals surface area contributed by atoms with Crippen molar-refractivity contribution in [2.75, 3.05) is 5.32 Å². The van der Waals surface area contributed by atoms with Crippen molar-refractivity contribution in [2.45, 2.75) is 13.5 Å². The molecule has 0 spiro atoms. The molecular weight excluding hydrogens is 414 g/mol. The van der Waals surface area contributed by atoms with Crippen LogP contribution in [0, 0.1) is 6.92 Å². The van der Waals surface area contributed by atoms with E-state index in [1.807, 2.05) is 84.9 Å². The van der Waals surface area contributed by atoms with Crippen molar-refractivity contribution in [3.05, 3.63) is 118 Å². The Morgan fingerprint density at radius 2 is 1.67 bits per heavy atom. The van der Waals surface area contributed by atoms with E-state index < -0.39 is 0 Å². The van der Waals surface area contributed by atoms with E-state index in [1.54, 1.807) is 24.7 Å². The minimum absolute atomic E-state index is 0.260. The molecule has 33 heavy (non-hydrogen) atoms. The van der Waals surface area contributed by atoms with E-state index in [1.165, 1.54) is 10.8 Å². The molecule has 0 atom stereocenters. The Morgan fingerprint density at radius 1 is 0.970 bits per heavy atom. The van der Waals surface area contributed by atoms with E-state index in [0.29, 0.717) is 18.1 Å². The summed E-state index contributed by atoms with van der Waals surface area (Å²) >= 11 is 0. The van der Waals surface area contributed by atoms with Crippen LogP contribution >= 0.6 is 0 Å². The van der Waals surface area contributed by atoms with Crippen LogP contribution in [0.15, 0.2) is 95.8 Å². The lowest BCUT2D eigenvalue weighted by Gasteiger charge is -2.07. The molecule has 1 amide bonds. The maximum Gasteiger partial charge on any atom is 0.295 e. The molecule has 6 nitrogen and oxygen atoms in total. The average molecular weight is 440 g/mol. The molecule has 0 bridgehead atoms. The van der Waals surface area contributed by atoms with Gasteiger partial charge < -0.3 is 10.1 Å². The quantitative estimate of drug-likeness (QED) is 0.424. The maximum absolute atomic E-state index is 12.9. The van der Waals surface area contributed by atoms with Gasteiger partial charge in [0, 0.05) is 13.1 Å². The standard InChI is InChI=1S/C27H25N3O3/c1-20-26(27(32)30(29(20)2)23-13-7-4-8-14-23)28-25(31)17-16-21-12-9-15-24(18-21)33-19-22-10-5-3-6-11-22/h3-18H,19H2,1-2H3,(H,28,31)/b17-16+. The number of para-hydroxylation sites is 1. The predicted octanol–water partition coefficient (Wildman–Crippen LogP) is 4.72. The molecule has 1 aromatic heterocycles. The van der Waals surface area contributed by atoms with Crippen LogP contribution in [-0.4, -0.2) is 15.3 Å². The lowest BCUT2D eigenvalue weighted by Crippen LogP contribution is -2.22. The molecule has 6 heteroatoms. The van der Waals surface area contributed by atoms with Gasteiger partial charge in [-0.05, 0) is 48.4 Å². The van der Waals surface area contributed by atoms with Crippen LogP contribution < -0.4 is 15.6 Å². The number of benzene rings is 3. The van der Waals surface area contributed by atoms with Crippen molar-refractivity contribution in [1.82, 2.24) is 9.36 Å². The van der Waals surface area contributed by atoms with Crippen LogP contribution in [0.1, 0.15) is 16.8 Å². The number of nitrogens with one attached hydrogen (secondary N) is 1. The van der Waals surface area contributed by atoms with Crippen molar-refractivity contribution < 1.29 is 9.53 Å². The summed E-state index contributed by atoms with van der Waals surface area (Å²) in [6, 6.07) is 26.7. The van der Waals surface area contributed by atoms with E-state index in [2.05, 4.69) is 5.32 Å². The molecule has 0 fully saturated rings. The second-order valence-corrected chi connectivity index (χ2v) is 7.61. The molecule has 4 aromatic rings. The third-order valence-corrected chi connectivity index (χ3v) is 5.34. The van der Waals surface area contributed by atoms with Crippen LogP contribution in [0.2, 0.25) is 0 Å². The zero-order valence-electron chi connectivity index (χ0n) is 18.6. The second-order valence-electron chi connectivity index (χ2n) is 7.61. The van der Waals surface area contributed by atoms with E-state index in [0.717, 1.165) is 16.8 Å². The van der Waals surface area contributed by atoms with Gasteiger partial charge in [0.05, 0.1) is 11.4 Å². The van der Waals surface area contributed by atoms with Crippen LogP contribution in [0.25, 0.3) is 11.8 Å². The number of anilines is 1. The first kappa shape index (κ1) is 21.9. The zero-order valence-corrected chi connectivity index (χ0v) is 18.6. The fraction of sp³-hybridized carbons (Fsp3) is 0.111. The molecule has 4 rings (SSSR count). The second kappa shape index (κ2) is 9.87. The van der Waals surface area contributed by atoms with Crippen molar-refractivity contribution >= 4 is 17.7 Å². The number of ether oxygens (including phenoxy) is 1. The van der Waals surface area contributed by atoms with Crippen molar-refractivity contribution in [3.63, 3.8) is 0 Å². The molecule has 0 radical (unpaired) electrons. The summed E-state index contributed by atoms with van der Waals surface area (Å²) in [7, 11) is 1.79. The molecule has 166 valence electrons. The Bertz CT molecular complexity index is 1340. The highest BCUT2D eigenvalue weighted by molar-refractivity contribution is 6.02. The van der Waals surface area contributed by atoms with Gasteiger partial charge >= 0.3 is 0 Å². The number of hydrogen-bond donors (Lipinski definition) is 1. The van der Waals surface area contributed by atoms with Gasteiger partial charge in [0.2, 0.25) is 5.91 Å². The molecule has 0 aliphatic rings. The summed E-state index contributed by atoms with van der Waals surface area (Å²) in [5.41, 5.74) is 3.29. The number of aromatic nitrogens is 2. The van der Waals surface area contributed by atoms with Gasteiger partial charge in [0.25, 0.3) is 5.56 Å². The molecule has 0 aliphatic heterocycles. The van der Waals surface area contributed by atoms with E-state index in [4.69, 9.17) is 4.74 Å². The molecule has 3 aromatic carbocycles. The zero-order chi connectivity index (χ0) is 23.2. The maximum atomic E-state index is 12.9. The van der Waals surface area contributed by atoms with E-state index in [9.17, 15) is 9.59 Å². The van der Waals surface area contributed by atoms with Crippen molar-refractivity contribution in [1.29, 1.82) is 0 Å². The Labute approximate surface area is 192 Å². The number of amides is 1. The number of rotatable bonds is 7. The Morgan fingerprint density at radius 3 is 2.39 bits per heavy atom. The van der Waals surface area contributed by atoms with Gasteiger partial charge in [-0.2, -0.15) is 0 Å². The Kier molecular flexibility index (Phi) is 6.55. The molecule has 1 N–H and O–H groups in total. The number of hydrogen-bond acceptors (Lipinski definition) is 3. The lowest BCUT2D eigenvalue weighted by atomic mass is 10.2. The lowest BCUT2D eigenvalue weighted by molar-refractivity contribution is -0.111. The largest absolute Gasteiger partial charge is 0.489 e. The summed E-state index contributed by atoms with van der Waals surface area (Å²) in [4.78, 5) is 25.5. The Balaban J connectivity index is 1.45. The first-order chi connectivity index (χ1) is 16.0. The molecule has 0 saturated carbocycles. The van der Waals surface area contributed by atoms with Gasteiger partial charge in [-0.3, -0.25) is 14.3 Å². The summed E-state index contributed by atoms with van der Waals surface area (Å²) in [6.45, 7) is 2.27. The van der Waals surface area contributed by atoms with E-state index in [-0.39, 0.29) is 17.2 Å². The number of carbonyl (C=O) groups excluding carboxylic acids is 1. The topological polar surface area (TPSA) is 65.3 Å². The smallest absolute Gasteiger partial charge is 0.295 e. The van der Waals surface area contributed by atoms with Crippen LogP contribution in [0.3, 0.4) is 0 Å². The fourth-order valence-corrected chi connectivity index (χ4v) is 3.50. The number of carbonyl (C=O) groups is 1. The normalized spacial score (nSPS) is 11.0. The summed E-state index contributed by atoms with van der Waals surface area (Å²) < 4.78 is 9.10. The molecule has 0 aliphatic carbocycles. The van der Waals surface area contributed by atoms with Gasteiger partial charge in [-0.25, -0.2) is 4.68 Å². The first-order valence-electron chi connectivity index (χ1n) is 10.6. The molecular formula is C27H25N3O3. The summed E-state index contributed by atoms with van der Waals surface area (Å²) in [5.74, 6) is 0.336. The highest BCUT2D eigenvalue weighted by Gasteiger charge is 2.17. The van der Waals surface area contributed by atoms with Gasteiger partial charge in [-0.1, -0.05) is 60.7 Å². The predicted molar refractivity (Wildman–Crippen MR) is 131 cm³/mol. The third-order valence-electron chi connectivity index (χ3n) is 5.34. The van der Waals surface area contributed by atoms with Crippen molar-refractivity contribution in [3.8, 4) is 11.4 Å². The summed E-state index contributed by atoms with van der Waals surface area (Å²) in [6.07, 6.45) is 3.10. The Hall–Kier alpha value is -4.32. The molecule has 0 unspecified atom stereocenters. The SMILES string of the molecule is Cc1c(NC(=O)/C=C/c2cccc(OCc3ccccc3)c2)c(=O)n(-c2ccccc2)n1C. The van der Waals surface area contributed by atoms with Crippen LogP contribution in [0.4, 0.5) is 5.69 Å². The van der Waals surface area contributed by atoms with Gasteiger partial charge in [0.15, 0.2) is 0 Å². The van der Waals surface area contributed by atoms with Crippen LogP contribution in [-0.2, 0) is 18.4 Å².